The van der Waals surface area contributed by atoms with Crippen LogP contribution in [0, 0.1) is 13.8 Å². The predicted molar refractivity (Wildman–Crippen MR) is 110 cm³/mol. The maximum atomic E-state index is 12.9. The normalized spacial score (nSPS) is 12.0. The van der Waals surface area contributed by atoms with Crippen molar-refractivity contribution in [2.24, 2.45) is 5.10 Å². The standard InChI is InChI=1S/C20H23BrN4O/c1-6-19-23-18-8-7-16(21)10-17(18)20(26)25(19)22-11-15-9-13(4)24(12(2)3)14(15)5/h7-12H,6H2,1-5H3. The molecule has 2 aromatic heterocycles. The van der Waals surface area contributed by atoms with Gasteiger partial charge in [-0.05, 0) is 52.0 Å². The van der Waals surface area contributed by atoms with Crippen LogP contribution in [0.2, 0.25) is 0 Å². The van der Waals surface area contributed by atoms with Crippen LogP contribution >= 0.6 is 15.9 Å². The summed E-state index contributed by atoms with van der Waals surface area (Å²) in [5.74, 6) is 0.652. The van der Waals surface area contributed by atoms with E-state index >= 15 is 0 Å². The minimum atomic E-state index is -0.151. The fraction of sp³-hybridized carbons (Fsp3) is 0.350. The number of rotatable bonds is 4. The molecule has 5 nitrogen and oxygen atoms in total. The summed E-state index contributed by atoms with van der Waals surface area (Å²) in [7, 11) is 0. The van der Waals surface area contributed by atoms with Crippen LogP contribution in [0.4, 0.5) is 0 Å². The highest BCUT2D eigenvalue weighted by molar-refractivity contribution is 9.10. The number of hydrogen-bond acceptors (Lipinski definition) is 3. The lowest BCUT2D eigenvalue weighted by molar-refractivity contribution is 0.574. The predicted octanol–water partition coefficient (Wildman–Crippen LogP) is 4.60. The molecule has 3 aromatic rings. The average molecular weight is 415 g/mol. The minimum Gasteiger partial charge on any atom is -0.346 e. The Labute approximate surface area is 161 Å². The van der Waals surface area contributed by atoms with Gasteiger partial charge in [0.15, 0.2) is 0 Å². The number of aromatic nitrogens is 3. The number of benzene rings is 1. The largest absolute Gasteiger partial charge is 0.346 e. The average Bonchev–Trinajstić information content (AvgIpc) is 2.88. The molecule has 0 saturated carbocycles. The lowest BCUT2D eigenvalue weighted by Crippen LogP contribution is -2.22. The van der Waals surface area contributed by atoms with Crippen LogP contribution in [0.15, 0.2) is 38.6 Å². The van der Waals surface area contributed by atoms with Gasteiger partial charge in [0.05, 0.1) is 17.1 Å². The summed E-state index contributed by atoms with van der Waals surface area (Å²) < 4.78 is 4.53. The van der Waals surface area contributed by atoms with Crippen molar-refractivity contribution in [1.29, 1.82) is 0 Å². The van der Waals surface area contributed by atoms with Crippen LogP contribution in [-0.4, -0.2) is 20.4 Å². The summed E-state index contributed by atoms with van der Waals surface area (Å²) in [6, 6.07) is 8.01. The molecular weight excluding hydrogens is 392 g/mol. The first-order valence-electron chi connectivity index (χ1n) is 8.77. The van der Waals surface area contributed by atoms with Crippen molar-refractivity contribution in [3.05, 3.63) is 61.9 Å². The fourth-order valence-electron chi connectivity index (χ4n) is 3.39. The maximum absolute atomic E-state index is 12.9. The Hall–Kier alpha value is -2.21. The van der Waals surface area contributed by atoms with E-state index in [1.165, 1.54) is 10.4 Å². The Balaban J connectivity index is 2.14. The van der Waals surface area contributed by atoms with E-state index in [-0.39, 0.29) is 5.56 Å². The Morgan fingerprint density at radius 1 is 1.27 bits per heavy atom. The summed E-state index contributed by atoms with van der Waals surface area (Å²) in [5.41, 5.74) is 3.88. The van der Waals surface area contributed by atoms with Gasteiger partial charge in [-0.1, -0.05) is 22.9 Å². The second-order valence-corrected chi connectivity index (χ2v) is 7.61. The molecule has 26 heavy (non-hydrogen) atoms. The lowest BCUT2D eigenvalue weighted by atomic mass is 10.2. The highest BCUT2D eigenvalue weighted by atomic mass is 79.9. The second kappa shape index (κ2) is 7.19. The monoisotopic (exact) mass is 414 g/mol. The zero-order valence-electron chi connectivity index (χ0n) is 15.7. The fourth-order valence-corrected chi connectivity index (χ4v) is 3.75. The van der Waals surface area contributed by atoms with E-state index in [0.29, 0.717) is 29.2 Å². The molecular formula is C20H23BrN4O. The van der Waals surface area contributed by atoms with Crippen LogP contribution < -0.4 is 5.56 Å². The summed E-state index contributed by atoms with van der Waals surface area (Å²) in [6.07, 6.45) is 2.39. The smallest absolute Gasteiger partial charge is 0.282 e. The Bertz CT molecular complexity index is 1060. The minimum absolute atomic E-state index is 0.151. The van der Waals surface area contributed by atoms with Gasteiger partial charge in [0.1, 0.15) is 5.82 Å². The highest BCUT2D eigenvalue weighted by Gasteiger charge is 2.12. The van der Waals surface area contributed by atoms with Crippen molar-refractivity contribution in [3.8, 4) is 0 Å². The van der Waals surface area contributed by atoms with Crippen LogP contribution in [0.5, 0.6) is 0 Å². The number of nitrogens with zero attached hydrogens (tertiary/aromatic N) is 4. The van der Waals surface area contributed by atoms with E-state index in [0.717, 1.165) is 15.7 Å². The van der Waals surface area contributed by atoms with Crippen molar-refractivity contribution < 1.29 is 0 Å². The summed E-state index contributed by atoms with van der Waals surface area (Å²) in [4.78, 5) is 17.5. The molecule has 0 amide bonds. The molecule has 136 valence electrons. The van der Waals surface area contributed by atoms with Crippen LogP contribution in [0.3, 0.4) is 0 Å². The van der Waals surface area contributed by atoms with E-state index in [2.05, 4.69) is 64.3 Å². The van der Waals surface area contributed by atoms with Gasteiger partial charge in [-0.15, -0.1) is 0 Å². The molecule has 0 aliphatic rings. The second-order valence-electron chi connectivity index (χ2n) is 6.69. The van der Waals surface area contributed by atoms with Gasteiger partial charge < -0.3 is 4.57 Å². The van der Waals surface area contributed by atoms with E-state index in [4.69, 9.17) is 0 Å². The van der Waals surface area contributed by atoms with Gasteiger partial charge in [-0.25, -0.2) is 4.98 Å². The Morgan fingerprint density at radius 2 is 2.00 bits per heavy atom. The molecule has 3 rings (SSSR count). The molecule has 0 N–H and O–H groups in total. The molecule has 0 bridgehead atoms. The lowest BCUT2D eigenvalue weighted by Gasteiger charge is -2.13. The molecule has 0 fully saturated rings. The van der Waals surface area contributed by atoms with Crippen LogP contribution in [0.25, 0.3) is 10.9 Å². The van der Waals surface area contributed by atoms with Gasteiger partial charge in [0.25, 0.3) is 5.56 Å². The van der Waals surface area contributed by atoms with Crippen molar-refractivity contribution in [1.82, 2.24) is 14.2 Å². The molecule has 0 unspecified atom stereocenters. The van der Waals surface area contributed by atoms with Crippen molar-refractivity contribution >= 4 is 33.0 Å². The zero-order chi connectivity index (χ0) is 19.0. The first kappa shape index (κ1) is 18.6. The molecule has 1 aromatic carbocycles. The third-order valence-electron chi connectivity index (χ3n) is 4.54. The van der Waals surface area contributed by atoms with Crippen molar-refractivity contribution in [2.75, 3.05) is 0 Å². The molecule has 0 saturated heterocycles. The first-order valence-corrected chi connectivity index (χ1v) is 9.56. The summed E-state index contributed by atoms with van der Waals surface area (Å²) >= 11 is 3.42. The Kier molecular flexibility index (Phi) is 5.14. The third-order valence-corrected chi connectivity index (χ3v) is 5.04. The van der Waals surface area contributed by atoms with E-state index in [9.17, 15) is 4.79 Å². The third kappa shape index (κ3) is 3.26. The highest BCUT2D eigenvalue weighted by Crippen LogP contribution is 2.19. The van der Waals surface area contributed by atoms with E-state index in [1.54, 1.807) is 12.3 Å². The molecule has 0 aliphatic carbocycles. The SMILES string of the molecule is CCc1nc2ccc(Br)cc2c(=O)n1N=Cc1cc(C)n(C(C)C)c1C. The number of fused-ring (bicyclic) bond motifs is 1. The first-order chi connectivity index (χ1) is 12.3. The molecule has 0 aliphatic heterocycles. The molecule has 6 heteroatoms. The van der Waals surface area contributed by atoms with E-state index < -0.39 is 0 Å². The van der Waals surface area contributed by atoms with E-state index in [1.807, 2.05) is 19.1 Å². The van der Waals surface area contributed by atoms with Gasteiger partial charge >= 0.3 is 0 Å². The van der Waals surface area contributed by atoms with Crippen molar-refractivity contribution in [2.45, 2.75) is 47.1 Å². The molecule has 0 atom stereocenters. The summed E-state index contributed by atoms with van der Waals surface area (Å²) in [6.45, 7) is 10.5. The van der Waals surface area contributed by atoms with Gasteiger partial charge in [0.2, 0.25) is 0 Å². The molecule has 2 heterocycles. The van der Waals surface area contributed by atoms with Gasteiger partial charge in [-0.3, -0.25) is 4.79 Å². The number of hydrogen-bond donors (Lipinski definition) is 0. The number of aryl methyl sites for hydroxylation is 2. The zero-order valence-corrected chi connectivity index (χ0v) is 17.3. The summed E-state index contributed by atoms with van der Waals surface area (Å²) in [5, 5.41) is 5.05. The van der Waals surface area contributed by atoms with Crippen LogP contribution in [-0.2, 0) is 6.42 Å². The van der Waals surface area contributed by atoms with Gasteiger partial charge in [0, 0.05) is 33.9 Å². The van der Waals surface area contributed by atoms with Crippen molar-refractivity contribution in [3.63, 3.8) is 0 Å². The van der Waals surface area contributed by atoms with Gasteiger partial charge in [-0.2, -0.15) is 9.78 Å². The number of halogens is 1. The molecule has 0 radical (unpaired) electrons. The topological polar surface area (TPSA) is 52.2 Å². The Morgan fingerprint density at radius 3 is 2.62 bits per heavy atom. The molecule has 0 spiro atoms. The maximum Gasteiger partial charge on any atom is 0.282 e. The van der Waals surface area contributed by atoms with Crippen LogP contribution in [0.1, 0.15) is 49.6 Å². The quantitative estimate of drug-likeness (QED) is 0.585.